The molecule has 2 rings (SSSR count). The van der Waals surface area contributed by atoms with Gasteiger partial charge in [0.25, 0.3) is 10.0 Å². The van der Waals surface area contributed by atoms with Gasteiger partial charge in [-0.05, 0) is 44.0 Å². The number of urea groups is 2. The molecule has 3 N–H and O–H groups in total. The molecule has 0 aromatic heterocycles. The van der Waals surface area contributed by atoms with E-state index in [2.05, 4.69) is 5.32 Å². The second-order valence-electron chi connectivity index (χ2n) is 5.59. The number of anilines is 1. The second-order valence-corrected chi connectivity index (χ2v) is 7.28. The molecule has 4 amide bonds. The Labute approximate surface area is 146 Å². The van der Waals surface area contributed by atoms with Gasteiger partial charge in [-0.15, -0.1) is 0 Å². The number of aryl methyl sites for hydroxylation is 3. The van der Waals surface area contributed by atoms with Crippen LogP contribution in [0.5, 0.6) is 0 Å². The van der Waals surface area contributed by atoms with E-state index in [0.717, 1.165) is 16.7 Å². The number of carbonyl (C=O) groups excluding carboxylic acids is 2. The average Bonchev–Trinajstić information content (AvgIpc) is 2.51. The summed E-state index contributed by atoms with van der Waals surface area (Å²) in [4.78, 5) is 23.7. The Morgan fingerprint density at radius 3 is 1.96 bits per heavy atom. The minimum Gasteiger partial charge on any atom is -0.307 e. The fraction of sp³-hybridized carbons (Fsp3) is 0.176. The van der Waals surface area contributed by atoms with Crippen LogP contribution in [0, 0.1) is 20.8 Å². The fourth-order valence-corrected chi connectivity index (χ4v) is 3.09. The van der Waals surface area contributed by atoms with E-state index in [4.69, 9.17) is 0 Å². The number of sulfonamides is 1. The van der Waals surface area contributed by atoms with Crippen molar-refractivity contribution in [2.24, 2.45) is 0 Å². The molecule has 0 saturated heterocycles. The van der Waals surface area contributed by atoms with Crippen LogP contribution >= 0.6 is 0 Å². The molecule has 0 fully saturated rings. The molecule has 0 atom stereocenters. The predicted octanol–water partition coefficient (Wildman–Crippen LogP) is 2.83. The van der Waals surface area contributed by atoms with Gasteiger partial charge in [0, 0.05) is 5.69 Å². The van der Waals surface area contributed by atoms with E-state index in [-0.39, 0.29) is 4.90 Å². The zero-order valence-electron chi connectivity index (χ0n) is 14.1. The normalized spacial score (nSPS) is 10.8. The molecule has 2 aromatic rings. The van der Waals surface area contributed by atoms with Gasteiger partial charge in [-0.3, -0.25) is 5.32 Å². The minimum atomic E-state index is -4.05. The fourth-order valence-electron chi connectivity index (χ4n) is 2.18. The maximum absolute atomic E-state index is 12.1. The molecule has 25 heavy (non-hydrogen) atoms. The smallest absolute Gasteiger partial charge is 0.307 e. The molecule has 0 unspecified atom stereocenters. The molecule has 0 aliphatic rings. The molecule has 0 radical (unpaired) electrons. The van der Waals surface area contributed by atoms with Gasteiger partial charge in [0.2, 0.25) is 0 Å². The van der Waals surface area contributed by atoms with Crippen molar-refractivity contribution in [1.82, 2.24) is 10.0 Å². The highest BCUT2D eigenvalue weighted by atomic mass is 32.2. The Morgan fingerprint density at radius 2 is 1.40 bits per heavy atom. The number of rotatable bonds is 3. The SMILES string of the molecule is Cc1ccc(S(=O)(=O)NC(=O)NC(=O)Nc2c(C)cccc2C)cc1. The second kappa shape index (κ2) is 7.35. The largest absolute Gasteiger partial charge is 0.336 e. The van der Waals surface area contributed by atoms with E-state index < -0.39 is 22.1 Å². The van der Waals surface area contributed by atoms with E-state index in [0.29, 0.717) is 5.69 Å². The third-order valence-electron chi connectivity index (χ3n) is 3.51. The highest BCUT2D eigenvalue weighted by molar-refractivity contribution is 7.90. The van der Waals surface area contributed by atoms with E-state index in [1.807, 2.05) is 44.3 Å². The summed E-state index contributed by atoms with van der Waals surface area (Å²) in [6, 6.07) is 9.48. The summed E-state index contributed by atoms with van der Waals surface area (Å²) in [6.45, 7) is 5.43. The van der Waals surface area contributed by atoms with Gasteiger partial charge in [-0.25, -0.2) is 22.7 Å². The number of benzene rings is 2. The van der Waals surface area contributed by atoms with E-state index in [1.54, 1.807) is 16.9 Å². The molecule has 0 saturated carbocycles. The summed E-state index contributed by atoms with van der Waals surface area (Å²) in [5.74, 6) is 0. The molecule has 0 spiro atoms. The van der Waals surface area contributed by atoms with Crippen LogP contribution in [0.25, 0.3) is 0 Å². The lowest BCUT2D eigenvalue weighted by molar-refractivity contribution is 0.236. The van der Waals surface area contributed by atoms with Gasteiger partial charge >= 0.3 is 12.1 Å². The summed E-state index contributed by atoms with van der Waals surface area (Å²) in [5.41, 5.74) is 3.09. The van der Waals surface area contributed by atoms with Crippen LogP contribution in [0.3, 0.4) is 0 Å². The lowest BCUT2D eigenvalue weighted by Gasteiger charge is -2.12. The molecule has 0 bridgehead atoms. The minimum absolute atomic E-state index is 0.0663. The number of imide groups is 1. The monoisotopic (exact) mass is 361 g/mol. The van der Waals surface area contributed by atoms with Crippen molar-refractivity contribution in [3.8, 4) is 0 Å². The summed E-state index contributed by atoms with van der Waals surface area (Å²) in [5, 5.41) is 4.48. The summed E-state index contributed by atoms with van der Waals surface area (Å²) >= 11 is 0. The number of amides is 4. The van der Waals surface area contributed by atoms with Crippen LogP contribution in [0.4, 0.5) is 15.3 Å². The number of hydrogen-bond donors (Lipinski definition) is 3. The van der Waals surface area contributed by atoms with E-state index in [9.17, 15) is 18.0 Å². The van der Waals surface area contributed by atoms with Crippen LogP contribution in [-0.2, 0) is 10.0 Å². The lowest BCUT2D eigenvalue weighted by atomic mass is 10.1. The first kappa shape index (κ1) is 18.5. The van der Waals surface area contributed by atoms with Gasteiger partial charge in [0.15, 0.2) is 0 Å². The molecule has 8 heteroatoms. The predicted molar refractivity (Wildman–Crippen MR) is 95.0 cm³/mol. The Morgan fingerprint density at radius 1 is 0.840 bits per heavy atom. The Balaban J connectivity index is 2.02. The van der Waals surface area contributed by atoms with Crippen molar-refractivity contribution >= 4 is 27.8 Å². The average molecular weight is 361 g/mol. The van der Waals surface area contributed by atoms with Crippen molar-refractivity contribution in [3.05, 3.63) is 59.2 Å². The molecular formula is C17H19N3O4S. The first-order valence-corrected chi connectivity index (χ1v) is 8.95. The third-order valence-corrected chi connectivity index (χ3v) is 4.85. The van der Waals surface area contributed by atoms with Crippen molar-refractivity contribution in [1.29, 1.82) is 0 Å². The summed E-state index contributed by atoms with van der Waals surface area (Å²) in [7, 11) is -4.05. The first-order valence-electron chi connectivity index (χ1n) is 7.47. The Kier molecular flexibility index (Phi) is 5.43. The molecule has 2 aromatic carbocycles. The molecule has 0 aliphatic heterocycles. The molecule has 132 valence electrons. The lowest BCUT2D eigenvalue weighted by Crippen LogP contribution is -2.44. The molecule has 7 nitrogen and oxygen atoms in total. The van der Waals surface area contributed by atoms with Gasteiger partial charge < -0.3 is 5.32 Å². The quantitative estimate of drug-likeness (QED) is 0.782. The van der Waals surface area contributed by atoms with E-state index in [1.165, 1.54) is 12.1 Å². The van der Waals surface area contributed by atoms with Crippen molar-refractivity contribution in [3.63, 3.8) is 0 Å². The Hall–Kier alpha value is -2.87. The maximum atomic E-state index is 12.1. The van der Waals surface area contributed by atoms with Crippen LogP contribution in [0.1, 0.15) is 16.7 Å². The van der Waals surface area contributed by atoms with Gasteiger partial charge in [0.05, 0.1) is 4.90 Å². The topological polar surface area (TPSA) is 104 Å². The zero-order chi connectivity index (χ0) is 18.6. The number of carbonyl (C=O) groups is 2. The van der Waals surface area contributed by atoms with Crippen LogP contribution < -0.4 is 15.4 Å². The van der Waals surface area contributed by atoms with Gasteiger partial charge in [-0.2, -0.15) is 0 Å². The first-order chi connectivity index (χ1) is 11.7. The van der Waals surface area contributed by atoms with Crippen LogP contribution in [-0.4, -0.2) is 20.5 Å². The van der Waals surface area contributed by atoms with Crippen molar-refractivity contribution in [2.45, 2.75) is 25.7 Å². The molecule has 0 heterocycles. The highest BCUT2D eigenvalue weighted by Gasteiger charge is 2.19. The summed E-state index contributed by atoms with van der Waals surface area (Å²) < 4.78 is 26.0. The zero-order valence-corrected chi connectivity index (χ0v) is 14.9. The van der Waals surface area contributed by atoms with Crippen LogP contribution in [0.15, 0.2) is 47.4 Å². The number of para-hydroxylation sites is 1. The standard InChI is InChI=1S/C17H19N3O4S/c1-11-7-9-14(10-8-11)25(23,24)20-17(22)19-16(21)18-15-12(2)5-4-6-13(15)3/h4-10H,1-3H3,(H3,18,19,20,21,22). The number of nitrogens with one attached hydrogen (secondary N) is 3. The van der Waals surface area contributed by atoms with Gasteiger partial charge in [-0.1, -0.05) is 35.9 Å². The highest BCUT2D eigenvalue weighted by Crippen LogP contribution is 2.19. The Bertz CT molecular complexity index is 886. The third kappa shape index (κ3) is 4.80. The van der Waals surface area contributed by atoms with Crippen molar-refractivity contribution < 1.29 is 18.0 Å². The van der Waals surface area contributed by atoms with E-state index >= 15 is 0 Å². The molecule has 0 aliphatic carbocycles. The summed E-state index contributed by atoms with van der Waals surface area (Å²) in [6.07, 6.45) is 0. The number of hydrogen-bond acceptors (Lipinski definition) is 4. The van der Waals surface area contributed by atoms with Crippen LogP contribution in [0.2, 0.25) is 0 Å². The van der Waals surface area contributed by atoms with Gasteiger partial charge in [0.1, 0.15) is 0 Å². The maximum Gasteiger partial charge on any atom is 0.336 e. The molecular weight excluding hydrogens is 342 g/mol. The van der Waals surface area contributed by atoms with Crippen molar-refractivity contribution in [2.75, 3.05) is 5.32 Å².